The second-order valence-corrected chi connectivity index (χ2v) is 3.07. The van der Waals surface area contributed by atoms with Crippen LogP contribution in [-0.2, 0) is 14.3 Å². The van der Waals surface area contributed by atoms with Crippen molar-refractivity contribution in [2.75, 3.05) is 19.2 Å². The van der Waals surface area contributed by atoms with E-state index in [1.54, 1.807) is 24.3 Å². The molecule has 0 aliphatic carbocycles. The fourth-order valence-corrected chi connectivity index (χ4v) is 1.04. The number of amides is 1. The van der Waals surface area contributed by atoms with Gasteiger partial charge in [-0.05, 0) is 24.3 Å². The van der Waals surface area contributed by atoms with Gasteiger partial charge in [-0.15, -0.1) is 0 Å². The molecule has 0 spiro atoms. The van der Waals surface area contributed by atoms with E-state index in [1.165, 1.54) is 14.0 Å². The van der Waals surface area contributed by atoms with Crippen LogP contribution in [0.3, 0.4) is 0 Å². The van der Waals surface area contributed by atoms with Gasteiger partial charge in [0.1, 0.15) is 5.75 Å². The van der Waals surface area contributed by atoms with Crippen molar-refractivity contribution < 1.29 is 23.8 Å². The Bertz CT molecular complexity index is 387. The summed E-state index contributed by atoms with van der Waals surface area (Å²) in [5, 5.41) is 2.62. The lowest BCUT2D eigenvalue weighted by molar-refractivity contribution is -0.114. The molecular weight excluding hydrogens is 226 g/mol. The first-order chi connectivity index (χ1) is 8.11. The molecule has 0 atom stereocenters. The minimum atomic E-state index is -0.806. The van der Waals surface area contributed by atoms with E-state index in [0.29, 0.717) is 11.4 Å². The summed E-state index contributed by atoms with van der Waals surface area (Å²) in [5.41, 5.74) is 0.665. The molecule has 0 fully saturated rings. The van der Waals surface area contributed by atoms with Gasteiger partial charge in [-0.1, -0.05) is 0 Å². The van der Waals surface area contributed by atoms with E-state index in [0.717, 1.165) is 0 Å². The summed E-state index contributed by atoms with van der Waals surface area (Å²) < 4.78 is 13.9. The highest BCUT2D eigenvalue weighted by Crippen LogP contribution is 2.15. The number of rotatable bonds is 4. The maximum atomic E-state index is 10.8. The first-order valence-electron chi connectivity index (χ1n) is 4.83. The number of carbonyl (C=O) groups is 2. The number of methoxy groups -OCH3 is 1. The molecule has 0 bridgehead atoms. The Balaban J connectivity index is 2.40. The standard InChI is InChI=1S/C11H13NO5/c1-8(13)12-9-3-5-10(6-4-9)16-7-17-11(14)15-2/h3-6H,7H2,1-2H3,(H,12,13). The Morgan fingerprint density at radius 2 is 1.88 bits per heavy atom. The molecule has 6 heteroatoms. The van der Waals surface area contributed by atoms with Crippen LogP contribution in [0.5, 0.6) is 5.75 Å². The van der Waals surface area contributed by atoms with E-state index in [-0.39, 0.29) is 12.7 Å². The maximum Gasteiger partial charge on any atom is 0.510 e. The third-order valence-corrected chi connectivity index (χ3v) is 1.74. The van der Waals surface area contributed by atoms with Crippen molar-refractivity contribution in [1.29, 1.82) is 0 Å². The first-order valence-corrected chi connectivity index (χ1v) is 4.83. The molecule has 0 aromatic heterocycles. The molecule has 0 saturated carbocycles. The number of anilines is 1. The van der Waals surface area contributed by atoms with Crippen LogP contribution in [-0.4, -0.2) is 26.0 Å². The highest BCUT2D eigenvalue weighted by Gasteiger charge is 2.01. The molecule has 1 aromatic rings. The van der Waals surface area contributed by atoms with Crippen LogP contribution in [0.25, 0.3) is 0 Å². The summed E-state index contributed by atoms with van der Waals surface area (Å²) in [6, 6.07) is 6.64. The molecular formula is C11H13NO5. The van der Waals surface area contributed by atoms with Gasteiger partial charge in [-0.25, -0.2) is 4.79 Å². The van der Waals surface area contributed by atoms with E-state index in [1.807, 2.05) is 0 Å². The Kier molecular flexibility index (Phi) is 4.80. The predicted molar refractivity (Wildman–Crippen MR) is 59.7 cm³/mol. The normalized spacial score (nSPS) is 9.29. The Morgan fingerprint density at radius 1 is 1.24 bits per heavy atom. The van der Waals surface area contributed by atoms with Crippen molar-refractivity contribution in [2.45, 2.75) is 6.92 Å². The third kappa shape index (κ3) is 4.87. The van der Waals surface area contributed by atoms with Gasteiger partial charge in [0.15, 0.2) is 0 Å². The van der Waals surface area contributed by atoms with Crippen LogP contribution in [0.1, 0.15) is 6.92 Å². The average molecular weight is 239 g/mol. The van der Waals surface area contributed by atoms with Gasteiger partial charge < -0.3 is 19.5 Å². The van der Waals surface area contributed by atoms with Gasteiger partial charge in [0.05, 0.1) is 7.11 Å². The van der Waals surface area contributed by atoms with Crippen molar-refractivity contribution >= 4 is 17.7 Å². The molecule has 0 radical (unpaired) electrons. The zero-order valence-corrected chi connectivity index (χ0v) is 9.56. The van der Waals surface area contributed by atoms with Crippen molar-refractivity contribution in [3.8, 4) is 5.75 Å². The Labute approximate surface area is 98.5 Å². The monoisotopic (exact) mass is 239 g/mol. The first kappa shape index (κ1) is 12.8. The molecule has 0 unspecified atom stereocenters. The van der Waals surface area contributed by atoms with Crippen LogP contribution >= 0.6 is 0 Å². The SMILES string of the molecule is COC(=O)OCOc1ccc(NC(C)=O)cc1. The average Bonchev–Trinajstić information content (AvgIpc) is 2.30. The van der Waals surface area contributed by atoms with E-state index in [9.17, 15) is 9.59 Å². The lowest BCUT2D eigenvalue weighted by Crippen LogP contribution is -2.10. The summed E-state index contributed by atoms with van der Waals surface area (Å²) in [7, 11) is 1.21. The molecule has 92 valence electrons. The zero-order valence-electron chi connectivity index (χ0n) is 9.56. The van der Waals surface area contributed by atoms with Crippen molar-refractivity contribution in [3.05, 3.63) is 24.3 Å². The van der Waals surface area contributed by atoms with Crippen LogP contribution < -0.4 is 10.1 Å². The lowest BCUT2D eigenvalue weighted by Gasteiger charge is -2.07. The van der Waals surface area contributed by atoms with Crippen LogP contribution in [0.2, 0.25) is 0 Å². The molecule has 1 N–H and O–H groups in total. The number of benzene rings is 1. The van der Waals surface area contributed by atoms with Crippen LogP contribution in [0, 0.1) is 0 Å². The van der Waals surface area contributed by atoms with E-state index in [4.69, 9.17) is 4.74 Å². The number of hydrogen-bond donors (Lipinski definition) is 1. The summed E-state index contributed by atoms with van der Waals surface area (Å²) in [6.45, 7) is 1.20. The minimum Gasteiger partial charge on any atom is -0.457 e. The predicted octanol–water partition coefficient (Wildman–Crippen LogP) is 1.76. The van der Waals surface area contributed by atoms with E-state index in [2.05, 4.69) is 14.8 Å². The molecule has 6 nitrogen and oxygen atoms in total. The van der Waals surface area contributed by atoms with Gasteiger partial charge in [0, 0.05) is 12.6 Å². The summed E-state index contributed by atoms with van der Waals surface area (Å²) in [5.74, 6) is 0.371. The van der Waals surface area contributed by atoms with E-state index >= 15 is 0 Å². The molecule has 1 rings (SSSR count). The summed E-state index contributed by atoms with van der Waals surface area (Å²) >= 11 is 0. The Hall–Kier alpha value is -2.24. The molecule has 1 aromatic carbocycles. The van der Waals surface area contributed by atoms with Crippen LogP contribution in [0.4, 0.5) is 10.5 Å². The smallest absolute Gasteiger partial charge is 0.457 e. The van der Waals surface area contributed by atoms with Gasteiger partial charge in [0.25, 0.3) is 0 Å². The van der Waals surface area contributed by atoms with Gasteiger partial charge >= 0.3 is 6.16 Å². The molecule has 17 heavy (non-hydrogen) atoms. The van der Waals surface area contributed by atoms with E-state index < -0.39 is 6.16 Å². The molecule has 0 aliphatic heterocycles. The molecule has 0 saturated heterocycles. The second kappa shape index (κ2) is 6.37. The number of hydrogen-bond acceptors (Lipinski definition) is 5. The van der Waals surface area contributed by atoms with Gasteiger partial charge in [-0.3, -0.25) is 4.79 Å². The number of carbonyl (C=O) groups excluding carboxylic acids is 2. The highest BCUT2D eigenvalue weighted by atomic mass is 16.8. The lowest BCUT2D eigenvalue weighted by atomic mass is 10.3. The second-order valence-electron chi connectivity index (χ2n) is 3.07. The van der Waals surface area contributed by atoms with Gasteiger partial charge in [0.2, 0.25) is 12.7 Å². The number of ether oxygens (including phenoxy) is 3. The fraction of sp³-hybridized carbons (Fsp3) is 0.273. The maximum absolute atomic E-state index is 10.8. The minimum absolute atomic E-state index is 0.146. The quantitative estimate of drug-likeness (QED) is 0.640. The summed E-state index contributed by atoms with van der Waals surface area (Å²) in [6.07, 6.45) is -0.806. The summed E-state index contributed by atoms with van der Waals surface area (Å²) in [4.78, 5) is 21.4. The molecule has 0 aliphatic rings. The fourth-order valence-electron chi connectivity index (χ4n) is 1.04. The molecule has 1 amide bonds. The van der Waals surface area contributed by atoms with Crippen molar-refractivity contribution in [2.24, 2.45) is 0 Å². The number of nitrogens with one attached hydrogen (secondary N) is 1. The van der Waals surface area contributed by atoms with Gasteiger partial charge in [-0.2, -0.15) is 0 Å². The van der Waals surface area contributed by atoms with Crippen LogP contribution in [0.15, 0.2) is 24.3 Å². The molecule has 0 heterocycles. The highest BCUT2D eigenvalue weighted by molar-refractivity contribution is 5.88. The largest absolute Gasteiger partial charge is 0.510 e. The Morgan fingerprint density at radius 3 is 2.41 bits per heavy atom. The van der Waals surface area contributed by atoms with Crippen molar-refractivity contribution in [3.63, 3.8) is 0 Å². The topological polar surface area (TPSA) is 73.9 Å². The zero-order chi connectivity index (χ0) is 12.7. The van der Waals surface area contributed by atoms with Crippen molar-refractivity contribution in [1.82, 2.24) is 0 Å². The third-order valence-electron chi connectivity index (χ3n) is 1.74.